The minimum absolute atomic E-state index is 1.18. The third-order valence-corrected chi connectivity index (χ3v) is 8.99. The first-order valence-corrected chi connectivity index (χ1v) is 14.2. The number of rotatable bonds is 3. The number of aromatic nitrogens is 1. The van der Waals surface area contributed by atoms with Gasteiger partial charge in [0.1, 0.15) is 0 Å². The summed E-state index contributed by atoms with van der Waals surface area (Å²) in [7, 11) is 0. The molecule has 0 spiro atoms. The molecule has 0 radical (unpaired) electrons. The number of nitrogens with zero attached hydrogens (tertiary/aromatic N) is 1. The van der Waals surface area contributed by atoms with E-state index < -0.39 is 0 Å². The average molecular weight is 516 g/mol. The van der Waals surface area contributed by atoms with Crippen molar-refractivity contribution in [2.45, 2.75) is 6.92 Å². The number of thiophene rings is 1. The summed E-state index contributed by atoms with van der Waals surface area (Å²) in [4.78, 5) is 0. The number of hydrogen-bond donors (Lipinski definition) is 0. The van der Waals surface area contributed by atoms with Gasteiger partial charge in [0.15, 0.2) is 0 Å². The fourth-order valence-corrected chi connectivity index (χ4v) is 7.05. The van der Waals surface area contributed by atoms with Crippen LogP contribution in [-0.4, -0.2) is 4.57 Å². The molecule has 8 aromatic rings. The molecule has 0 aliphatic heterocycles. The number of hydrogen-bond acceptors (Lipinski definition) is 1. The second-order valence-electron chi connectivity index (χ2n) is 10.3. The SMILES string of the molecule is Cc1cccc(-c2ccc3sc4ccc(-c5cccc(-n6c7ccccc7c7ccccc76)c5)cc4c3c2)c1. The topological polar surface area (TPSA) is 4.93 Å². The molecular weight excluding hydrogens is 490 g/mol. The Bertz CT molecular complexity index is 2140. The van der Waals surface area contributed by atoms with Crippen LogP contribution in [0.15, 0.2) is 133 Å². The van der Waals surface area contributed by atoms with E-state index in [4.69, 9.17) is 0 Å². The predicted molar refractivity (Wildman–Crippen MR) is 169 cm³/mol. The van der Waals surface area contributed by atoms with Crippen LogP contribution in [0, 0.1) is 6.92 Å². The highest BCUT2D eigenvalue weighted by Crippen LogP contribution is 2.39. The Morgan fingerprint density at radius 1 is 0.436 bits per heavy atom. The average Bonchev–Trinajstić information content (AvgIpc) is 3.52. The summed E-state index contributed by atoms with van der Waals surface area (Å²) in [5.74, 6) is 0. The van der Waals surface area contributed by atoms with Crippen LogP contribution < -0.4 is 0 Å². The Balaban J connectivity index is 1.29. The van der Waals surface area contributed by atoms with Gasteiger partial charge in [-0.1, -0.05) is 90.5 Å². The highest BCUT2D eigenvalue weighted by Gasteiger charge is 2.13. The van der Waals surface area contributed by atoms with Crippen LogP contribution in [0.3, 0.4) is 0 Å². The van der Waals surface area contributed by atoms with Gasteiger partial charge in [-0.25, -0.2) is 0 Å². The molecule has 8 rings (SSSR count). The molecule has 2 aromatic heterocycles. The number of benzene rings is 6. The lowest BCUT2D eigenvalue weighted by molar-refractivity contribution is 1.18. The van der Waals surface area contributed by atoms with Crippen molar-refractivity contribution >= 4 is 53.3 Å². The van der Waals surface area contributed by atoms with E-state index in [-0.39, 0.29) is 0 Å². The lowest BCUT2D eigenvalue weighted by atomic mass is 9.99. The van der Waals surface area contributed by atoms with Crippen molar-refractivity contribution < 1.29 is 0 Å². The van der Waals surface area contributed by atoms with E-state index >= 15 is 0 Å². The maximum atomic E-state index is 2.39. The normalized spacial score (nSPS) is 11.7. The molecule has 0 unspecified atom stereocenters. The molecule has 0 N–H and O–H groups in total. The standard InChI is InChI=1S/C37H25NS/c1-24-8-6-9-25(20-24)27-16-18-36-32(22-27)33-23-28(17-19-37(33)39-36)26-10-7-11-29(21-26)38-34-14-4-2-12-30(34)31-13-3-5-15-35(31)38/h2-23H,1H3. The molecule has 1 nitrogen and oxygen atoms in total. The molecule has 0 saturated carbocycles. The molecule has 2 heteroatoms. The van der Waals surface area contributed by atoms with Crippen LogP contribution in [0.4, 0.5) is 0 Å². The lowest BCUT2D eigenvalue weighted by Gasteiger charge is -2.10. The number of fused-ring (bicyclic) bond motifs is 6. The van der Waals surface area contributed by atoms with Gasteiger partial charge in [0.2, 0.25) is 0 Å². The Labute approximate surface area is 231 Å². The molecule has 0 fully saturated rings. The monoisotopic (exact) mass is 515 g/mol. The van der Waals surface area contributed by atoms with Gasteiger partial charge in [0, 0.05) is 36.6 Å². The van der Waals surface area contributed by atoms with Gasteiger partial charge in [-0.05, 0) is 77.7 Å². The van der Waals surface area contributed by atoms with Gasteiger partial charge in [0.25, 0.3) is 0 Å². The Morgan fingerprint density at radius 2 is 0.974 bits per heavy atom. The third-order valence-electron chi connectivity index (χ3n) is 7.84. The summed E-state index contributed by atoms with van der Waals surface area (Å²) in [5.41, 5.74) is 9.94. The first-order valence-electron chi connectivity index (χ1n) is 13.4. The summed E-state index contributed by atoms with van der Waals surface area (Å²) >= 11 is 1.87. The molecule has 0 saturated heterocycles. The zero-order valence-corrected chi connectivity index (χ0v) is 22.4. The van der Waals surface area contributed by atoms with Crippen molar-refractivity contribution in [2.75, 3.05) is 0 Å². The predicted octanol–water partition coefficient (Wildman–Crippen LogP) is 10.8. The van der Waals surface area contributed by atoms with Gasteiger partial charge in [-0.15, -0.1) is 11.3 Å². The minimum atomic E-state index is 1.18. The molecule has 6 aromatic carbocycles. The van der Waals surface area contributed by atoms with Crippen molar-refractivity contribution in [3.05, 3.63) is 139 Å². The van der Waals surface area contributed by atoms with Crippen LogP contribution in [0.5, 0.6) is 0 Å². The van der Waals surface area contributed by atoms with E-state index in [1.54, 1.807) is 0 Å². The number of para-hydroxylation sites is 2. The zero-order chi connectivity index (χ0) is 25.9. The molecular formula is C37H25NS. The first-order chi connectivity index (χ1) is 19.2. The Hall–Kier alpha value is -4.66. The molecule has 0 aliphatic carbocycles. The minimum Gasteiger partial charge on any atom is -0.309 e. The fraction of sp³-hybridized carbons (Fsp3) is 0.0270. The van der Waals surface area contributed by atoms with E-state index in [9.17, 15) is 0 Å². The van der Waals surface area contributed by atoms with Gasteiger partial charge in [-0.2, -0.15) is 0 Å². The van der Waals surface area contributed by atoms with Crippen LogP contribution in [0.2, 0.25) is 0 Å². The van der Waals surface area contributed by atoms with Crippen LogP contribution >= 0.6 is 11.3 Å². The molecule has 0 bridgehead atoms. The van der Waals surface area contributed by atoms with E-state index in [1.165, 1.54) is 75.5 Å². The van der Waals surface area contributed by atoms with Crippen molar-refractivity contribution in [1.29, 1.82) is 0 Å². The molecule has 0 aliphatic rings. The second kappa shape index (κ2) is 8.69. The Morgan fingerprint density at radius 3 is 1.59 bits per heavy atom. The fourth-order valence-electron chi connectivity index (χ4n) is 5.99. The van der Waals surface area contributed by atoms with Crippen molar-refractivity contribution in [2.24, 2.45) is 0 Å². The molecule has 0 atom stereocenters. The molecule has 39 heavy (non-hydrogen) atoms. The third kappa shape index (κ3) is 3.60. The maximum Gasteiger partial charge on any atom is 0.0541 e. The van der Waals surface area contributed by atoms with Crippen molar-refractivity contribution in [3.63, 3.8) is 0 Å². The van der Waals surface area contributed by atoms with Gasteiger partial charge in [0.05, 0.1) is 11.0 Å². The van der Waals surface area contributed by atoms with Crippen LogP contribution in [-0.2, 0) is 0 Å². The molecule has 2 heterocycles. The summed E-state index contributed by atoms with van der Waals surface area (Å²) < 4.78 is 5.05. The summed E-state index contributed by atoms with van der Waals surface area (Å²) in [6.07, 6.45) is 0. The van der Waals surface area contributed by atoms with E-state index in [1.807, 2.05) is 11.3 Å². The van der Waals surface area contributed by atoms with Gasteiger partial charge in [-0.3, -0.25) is 0 Å². The maximum absolute atomic E-state index is 2.39. The number of aryl methyl sites for hydroxylation is 1. The van der Waals surface area contributed by atoms with E-state index in [2.05, 4.69) is 145 Å². The molecule has 184 valence electrons. The quantitative estimate of drug-likeness (QED) is 0.220. The van der Waals surface area contributed by atoms with Crippen molar-refractivity contribution in [1.82, 2.24) is 4.57 Å². The van der Waals surface area contributed by atoms with Crippen LogP contribution in [0.25, 0.3) is 69.9 Å². The van der Waals surface area contributed by atoms with Gasteiger partial charge < -0.3 is 4.57 Å². The van der Waals surface area contributed by atoms with Crippen LogP contribution in [0.1, 0.15) is 5.56 Å². The largest absolute Gasteiger partial charge is 0.309 e. The zero-order valence-electron chi connectivity index (χ0n) is 21.6. The smallest absolute Gasteiger partial charge is 0.0541 e. The summed E-state index contributed by atoms with van der Waals surface area (Å²) in [6.45, 7) is 2.15. The van der Waals surface area contributed by atoms with Crippen molar-refractivity contribution in [3.8, 4) is 27.9 Å². The van der Waals surface area contributed by atoms with E-state index in [0.717, 1.165) is 0 Å². The highest BCUT2D eigenvalue weighted by atomic mass is 32.1. The van der Waals surface area contributed by atoms with Gasteiger partial charge >= 0.3 is 0 Å². The first kappa shape index (κ1) is 22.3. The summed E-state index contributed by atoms with van der Waals surface area (Å²) in [6, 6.07) is 48.9. The second-order valence-corrected chi connectivity index (χ2v) is 11.4. The lowest BCUT2D eigenvalue weighted by Crippen LogP contribution is -1.94. The molecule has 0 amide bonds. The highest BCUT2D eigenvalue weighted by molar-refractivity contribution is 7.25. The Kier molecular flexibility index (Phi) is 4.98. The van der Waals surface area contributed by atoms with E-state index in [0.29, 0.717) is 0 Å². The summed E-state index contributed by atoms with van der Waals surface area (Å²) in [5, 5.41) is 5.22.